The van der Waals surface area contributed by atoms with E-state index >= 15 is 0 Å². The van der Waals surface area contributed by atoms with Crippen LogP contribution in [0.4, 0.5) is 4.39 Å². The van der Waals surface area contributed by atoms with E-state index in [9.17, 15) is 17.6 Å². The number of hydrogen-bond acceptors (Lipinski definition) is 7. The topological polar surface area (TPSA) is 116 Å². The average molecular weight is 534 g/mol. The van der Waals surface area contributed by atoms with Crippen molar-refractivity contribution in [2.24, 2.45) is 5.41 Å². The molecule has 10 nitrogen and oxygen atoms in total. The quantitative estimate of drug-likeness (QED) is 0.350. The SMILES string of the molecule is CCn1cc(S(=O)(=O)N2CCC3=Cc4c(cnn4-c4ccc(F)cc4)CC3(C(=O)c3ccccn3)C2)nn1. The van der Waals surface area contributed by atoms with Gasteiger partial charge in [0.2, 0.25) is 5.03 Å². The van der Waals surface area contributed by atoms with Crippen LogP contribution < -0.4 is 0 Å². The van der Waals surface area contributed by atoms with E-state index in [0.717, 1.165) is 16.8 Å². The van der Waals surface area contributed by atoms with E-state index in [4.69, 9.17) is 0 Å². The lowest BCUT2D eigenvalue weighted by molar-refractivity contribution is 0.0770. The third-order valence-electron chi connectivity index (χ3n) is 7.23. The van der Waals surface area contributed by atoms with Gasteiger partial charge < -0.3 is 0 Å². The Bertz CT molecular complexity index is 1660. The van der Waals surface area contributed by atoms with Gasteiger partial charge in [0, 0.05) is 25.8 Å². The molecule has 1 aliphatic carbocycles. The Balaban J connectivity index is 1.44. The number of carbonyl (C=O) groups is 1. The first-order valence-electron chi connectivity index (χ1n) is 12.2. The lowest BCUT2D eigenvalue weighted by Gasteiger charge is -2.44. The molecule has 1 unspecified atom stereocenters. The third-order valence-corrected chi connectivity index (χ3v) is 8.94. The fraction of sp³-hybridized carbons (Fsp3) is 0.269. The summed E-state index contributed by atoms with van der Waals surface area (Å²) in [6.07, 6.45) is 7.15. The maximum absolute atomic E-state index is 14.1. The smallest absolute Gasteiger partial charge is 0.264 e. The fourth-order valence-corrected chi connectivity index (χ4v) is 6.62. The molecule has 0 saturated carbocycles. The van der Waals surface area contributed by atoms with Gasteiger partial charge in [-0.15, -0.1) is 5.10 Å². The summed E-state index contributed by atoms with van der Waals surface area (Å²) >= 11 is 0. The Morgan fingerprint density at radius 3 is 2.68 bits per heavy atom. The van der Waals surface area contributed by atoms with Crippen molar-refractivity contribution in [1.29, 1.82) is 0 Å². The number of carbonyl (C=O) groups excluding carboxylic acids is 1. The maximum Gasteiger partial charge on any atom is 0.264 e. The molecular weight excluding hydrogens is 509 g/mol. The molecule has 3 aromatic heterocycles. The number of benzene rings is 1. The number of ketones is 1. The second-order valence-electron chi connectivity index (χ2n) is 9.42. The Labute approximate surface area is 218 Å². The van der Waals surface area contributed by atoms with Crippen LogP contribution in [-0.2, 0) is 23.0 Å². The fourth-order valence-electron chi connectivity index (χ4n) is 5.24. The van der Waals surface area contributed by atoms with Gasteiger partial charge in [-0.2, -0.15) is 9.40 Å². The Morgan fingerprint density at radius 1 is 1.16 bits per heavy atom. The number of fused-ring (bicyclic) bond motifs is 2. The van der Waals surface area contributed by atoms with Crippen molar-refractivity contribution < 1.29 is 17.6 Å². The Kier molecular flexibility index (Phi) is 5.80. The van der Waals surface area contributed by atoms with Crippen LogP contribution in [0.5, 0.6) is 0 Å². The first kappa shape index (κ1) is 24.3. The number of sulfonamides is 1. The number of pyridine rings is 1. The van der Waals surface area contributed by atoms with Gasteiger partial charge in [0.15, 0.2) is 5.78 Å². The highest BCUT2D eigenvalue weighted by Crippen LogP contribution is 2.47. The van der Waals surface area contributed by atoms with Gasteiger partial charge in [-0.25, -0.2) is 17.5 Å². The summed E-state index contributed by atoms with van der Waals surface area (Å²) in [6.45, 7) is 2.45. The summed E-state index contributed by atoms with van der Waals surface area (Å²) < 4.78 is 45.1. The van der Waals surface area contributed by atoms with E-state index < -0.39 is 15.4 Å². The molecule has 1 atom stereocenters. The van der Waals surface area contributed by atoms with Crippen LogP contribution in [-0.4, -0.2) is 61.4 Å². The third kappa shape index (κ3) is 3.87. The molecule has 1 aromatic carbocycles. The van der Waals surface area contributed by atoms with Crippen LogP contribution in [0.25, 0.3) is 11.8 Å². The summed E-state index contributed by atoms with van der Waals surface area (Å²) in [5.74, 6) is -0.595. The van der Waals surface area contributed by atoms with E-state index in [1.54, 1.807) is 47.4 Å². The molecule has 0 N–H and O–H groups in total. The highest BCUT2D eigenvalue weighted by atomic mass is 32.2. The molecule has 1 saturated heterocycles. The van der Waals surface area contributed by atoms with Crippen LogP contribution in [0.15, 0.2) is 71.7 Å². The van der Waals surface area contributed by atoms with Crippen molar-refractivity contribution in [3.63, 3.8) is 0 Å². The minimum Gasteiger partial charge on any atom is -0.291 e. The molecule has 0 amide bonds. The van der Waals surface area contributed by atoms with E-state index in [1.165, 1.54) is 27.3 Å². The van der Waals surface area contributed by atoms with Crippen molar-refractivity contribution in [1.82, 2.24) is 34.1 Å². The average Bonchev–Trinajstić information content (AvgIpc) is 3.59. The lowest BCUT2D eigenvalue weighted by atomic mass is 9.65. The van der Waals surface area contributed by atoms with Crippen molar-refractivity contribution in [3.8, 4) is 5.69 Å². The van der Waals surface area contributed by atoms with Crippen molar-refractivity contribution in [2.75, 3.05) is 13.1 Å². The Hall–Kier alpha value is -4.03. The van der Waals surface area contributed by atoms with E-state index in [1.807, 2.05) is 13.0 Å². The van der Waals surface area contributed by atoms with Crippen molar-refractivity contribution in [3.05, 3.63) is 89.4 Å². The first-order valence-corrected chi connectivity index (χ1v) is 13.7. The second-order valence-corrected chi connectivity index (χ2v) is 11.3. The molecule has 1 aliphatic heterocycles. The molecule has 4 heterocycles. The standard InChI is InChI=1S/C26H24FN7O3S/c1-2-32-16-24(30-31-32)38(36,37)33-12-10-19-13-23-18(15-29-34(23)21-8-6-20(27)7-9-21)14-26(19,17-33)25(35)22-5-3-4-11-28-22/h3-9,11,13,15-16H,2,10,12,14,17H2,1H3. The number of hydrogen-bond donors (Lipinski definition) is 0. The number of halogens is 1. The predicted octanol–water partition coefficient (Wildman–Crippen LogP) is 2.92. The molecule has 0 spiro atoms. The van der Waals surface area contributed by atoms with Crippen LogP contribution in [0, 0.1) is 11.2 Å². The monoisotopic (exact) mass is 533 g/mol. The zero-order valence-corrected chi connectivity index (χ0v) is 21.3. The Morgan fingerprint density at radius 2 is 1.97 bits per heavy atom. The van der Waals surface area contributed by atoms with Crippen LogP contribution >= 0.6 is 0 Å². The van der Waals surface area contributed by atoms with Crippen LogP contribution in [0.3, 0.4) is 0 Å². The minimum atomic E-state index is -3.99. The summed E-state index contributed by atoms with van der Waals surface area (Å²) in [4.78, 5) is 18.4. The molecule has 4 aromatic rings. The molecule has 0 bridgehead atoms. The minimum absolute atomic E-state index is 0.0588. The van der Waals surface area contributed by atoms with Gasteiger partial charge in [-0.1, -0.05) is 16.9 Å². The first-order chi connectivity index (χ1) is 18.3. The van der Waals surface area contributed by atoms with Gasteiger partial charge in [0.1, 0.15) is 11.5 Å². The molecular formula is C26H24FN7O3S. The molecule has 0 radical (unpaired) electrons. The van der Waals surface area contributed by atoms with E-state index in [-0.39, 0.29) is 41.8 Å². The molecule has 194 valence electrons. The zero-order chi connectivity index (χ0) is 26.5. The van der Waals surface area contributed by atoms with Gasteiger partial charge >= 0.3 is 0 Å². The van der Waals surface area contributed by atoms with Gasteiger partial charge in [-0.3, -0.25) is 14.5 Å². The number of aryl methyl sites for hydroxylation is 1. The van der Waals surface area contributed by atoms with Crippen LogP contribution in [0.1, 0.15) is 35.1 Å². The molecule has 2 aliphatic rings. The normalized spacial score (nSPS) is 19.5. The number of nitrogens with zero attached hydrogens (tertiary/aromatic N) is 7. The summed E-state index contributed by atoms with van der Waals surface area (Å²) in [5.41, 5.74) is 2.19. The van der Waals surface area contributed by atoms with Crippen LogP contribution in [0.2, 0.25) is 0 Å². The highest BCUT2D eigenvalue weighted by Gasteiger charge is 2.51. The summed E-state index contributed by atoms with van der Waals surface area (Å²) in [7, 11) is -3.99. The van der Waals surface area contributed by atoms with E-state index in [0.29, 0.717) is 18.7 Å². The zero-order valence-electron chi connectivity index (χ0n) is 20.5. The molecule has 6 rings (SSSR count). The van der Waals surface area contributed by atoms with E-state index in [2.05, 4.69) is 20.4 Å². The van der Waals surface area contributed by atoms with Gasteiger partial charge in [0.05, 0.1) is 29.2 Å². The van der Waals surface area contributed by atoms with Crippen molar-refractivity contribution in [2.45, 2.75) is 31.3 Å². The molecule has 38 heavy (non-hydrogen) atoms. The number of Topliss-reactive ketones (excluding diaryl/α,β-unsaturated/α-hetero) is 1. The lowest BCUT2D eigenvalue weighted by Crippen LogP contribution is -2.53. The molecule has 1 fully saturated rings. The van der Waals surface area contributed by atoms with Gasteiger partial charge in [-0.05, 0) is 67.8 Å². The number of aromatic nitrogens is 6. The highest BCUT2D eigenvalue weighted by molar-refractivity contribution is 7.89. The number of rotatable bonds is 6. The predicted molar refractivity (Wildman–Crippen MR) is 135 cm³/mol. The maximum atomic E-state index is 14.1. The molecule has 12 heteroatoms. The largest absolute Gasteiger partial charge is 0.291 e. The van der Waals surface area contributed by atoms with Crippen molar-refractivity contribution >= 4 is 21.9 Å². The summed E-state index contributed by atoms with van der Waals surface area (Å²) in [5, 5.41) is 12.1. The summed E-state index contributed by atoms with van der Waals surface area (Å²) in [6, 6.07) is 11.1. The number of piperidine rings is 1. The van der Waals surface area contributed by atoms with Gasteiger partial charge in [0.25, 0.3) is 10.0 Å². The second kappa shape index (κ2) is 9.07.